The minimum absolute atomic E-state index is 0.333. The van der Waals surface area contributed by atoms with Crippen LogP contribution in [-0.2, 0) is 0 Å². The molecule has 1 atom stereocenters. The Bertz CT molecular complexity index is 473. The average molecular weight is 233 g/mol. The van der Waals surface area contributed by atoms with Crippen LogP contribution in [0.5, 0.6) is 5.75 Å². The minimum Gasteiger partial charge on any atom is -0.488 e. The largest absolute Gasteiger partial charge is 0.488 e. The molecular weight excluding hydrogens is 218 g/mol. The maximum atomic E-state index is 6.07. The summed E-state index contributed by atoms with van der Waals surface area (Å²) >= 11 is 1.77. The molecule has 1 saturated heterocycles. The number of hydrogen-bond acceptors (Lipinski definition) is 3. The van der Waals surface area contributed by atoms with Crippen molar-refractivity contribution in [2.45, 2.75) is 18.9 Å². The highest BCUT2D eigenvalue weighted by Crippen LogP contribution is 2.30. The SMILES string of the molecule is c1cc(OC2CCCNC2)c2ccsc2c1. The molecule has 2 aromatic rings. The Morgan fingerprint density at radius 2 is 2.31 bits per heavy atom. The van der Waals surface area contributed by atoms with Gasteiger partial charge < -0.3 is 10.1 Å². The van der Waals surface area contributed by atoms with E-state index in [-0.39, 0.29) is 0 Å². The fourth-order valence-electron chi connectivity index (χ4n) is 2.17. The molecule has 3 heteroatoms. The molecule has 1 aromatic carbocycles. The van der Waals surface area contributed by atoms with Gasteiger partial charge in [0.05, 0.1) is 0 Å². The first-order chi connectivity index (χ1) is 7.93. The van der Waals surface area contributed by atoms with E-state index < -0.39 is 0 Å². The van der Waals surface area contributed by atoms with E-state index in [2.05, 4.69) is 35.0 Å². The average Bonchev–Trinajstić information content (AvgIpc) is 2.80. The van der Waals surface area contributed by atoms with Crippen LogP contribution in [0.1, 0.15) is 12.8 Å². The first-order valence-electron chi connectivity index (χ1n) is 5.77. The fraction of sp³-hybridized carbons (Fsp3) is 0.385. The highest BCUT2D eigenvalue weighted by Gasteiger charge is 2.15. The Hall–Kier alpha value is -1.06. The van der Waals surface area contributed by atoms with Crippen LogP contribution in [0.4, 0.5) is 0 Å². The van der Waals surface area contributed by atoms with Gasteiger partial charge in [0.2, 0.25) is 0 Å². The first-order valence-corrected chi connectivity index (χ1v) is 6.65. The smallest absolute Gasteiger partial charge is 0.128 e. The summed E-state index contributed by atoms with van der Waals surface area (Å²) in [5.74, 6) is 1.03. The van der Waals surface area contributed by atoms with E-state index in [9.17, 15) is 0 Å². The van der Waals surface area contributed by atoms with Gasteiger partial charge in [0.15, 0.2) is 0 Å². The molecule has 0 aliphatic carbocycles. The van der Waals surface area contributed by atoms with Gasteiger partial charge in [-0.05, 0) is 43.0 Å². The lowest BCUT2D eigenvalue weighted by atomic mass is 10.1. The van der Waals surface area contributed by atoms with Crippen molar-refractivity contribution < 1.29 is 4.74 Å². The second-order valence-corrected chi connectivity index (χ2v) is 5.12. The summed E-state index contributed by atoms with van der Waals surface area (Å²) in [7, 11) is 0. The van der Waals surface area contributed by atoms with Gasteiger partial charge in [0.25, 0.3) is 0 Å². The van der Waals surface area contributed by atoms with Gasteiger partial charge in [0.1, 0.15) is 11.9 Å². The van der Waals surface area contributed by atoms with Crippen molar-refractivity contribution in [3.05, 3.63) is 29.6 Å². The van der Waals surface area contributed by atoms with E-state index in [4.69, 9.17) is 4.74 Å². The lowest BCUT2D eigenvalue weighted by Gasteiger charge is -2.24. The van der Waals surface area contributed by atoms with E-state index in [0.717, 1.165) is 25.3 Å². The van der Waals surface area contributed by atoms with Crippen molar-refractivity contribution in [2.24, 2.45) is 0 Å². The molecule has 3 rings (SSSR count). The van der Waals surface area contributed by atoms with Gasteiger partial charge in [0, 0.05) is 16.6 Å². The number of benzene rings is 1. The number of hydrogen-bond donors (Lipinski definition) is 1. The molecule has 84 valence electrons. The minimum atomic E-state index is 0.333. The molecule has 0 saturated carbocycles. The van der Waals surface area contributed by atoms with Crippen molar-refractivity contribution >= 4 is 21.4 Å². The summed E-state index contributed by atoms with van der Waals surface area (Å²) in [6.07, 6.45) is 2.71. The van der Waals surface area contributed by atoms with Crippen LogP contribution in [0.3, 0.4) is 0 Å². The summed E-state index contributed by atoms with van der Waals surface area (Å²) in [4.78, 5) is 0. The lowest BCUT2D eigenvalue weighted by Crippen LogP contribution is -2.37. The van der Waals surface area contributed by atoms with Gasteiger partial charge in [-0.2, -0.15) is 0 Å². The van der Waals surface area contributed by atoms with Crippen molar-refractivity contribution in [3.8, 4) is 5.75 Å². The summed E-state index contributed by atoms with van der Waals surface area (Å²) in [6.45, 7) is 2.10. The molecule has 0 bridgehead atoms. The molecule has 1 aliphatic heterocycles. The maximum Gasteiger partial charge on any atom is 0.128 e. The van der Waals surface area contributed by atoms with E-state index in [1.165, 1.54) is 16.5 Å². The molecule has 16 heavy (non-hydrogen) atoms. The van der Waals surface area contributed by atoms with Crippen molar-refractivity contribution in [1.29, 1.82) is 0 Å². The zero-order chi connectivity index (χ0) is 10.8. The van der Waals surface area contributed by atoms with E-state index in [0.29, 0.717) is 6.10 Å². The van der Waals surface area contributed by atoms with Crippen LogP contribution in [0.2, 0.25) is 0 Å². The Balaban J connectivity index is 1.85. The molecule has 1 unspecified atom stereocenters. The highest BCUT2D eigenvalue weighted by atomic mass is 32.1. The molecule has 0 radical (unpaired) electrons. The predicted octanol–water partition coefficient (Wildman–Crippen LogP) is 3.03. The Labute approximate surface area is 99.2 Å². The van der Waals surface area contributed by atoms with Gasteiger partial charge in [-0.15, -0.1) is 11.3 Å². The fourth-order valence-corrected chi connectivity index (χ4v) is 2.97. The summed E-state index contributed by atoms with van der Waals surface area (Å²) in [5.41, 5.74) is 0. The van der Waals surface area contributed by atoms with Gasteiger partial charge in [-0.1, -0.05) is 6.07 Å². The summed E-state index contributed by atoms with van der Waals surface area (Å²) in [6, 6.07) is 8.44. The third kappa shape index (κ3) is 1.93. The van der Waals surface area contributed by atoms with Crippen molar-refractivity contribution in [1.82, 2.24) is 5.32 Å². The highest BCUT2D eigenvalue weighted by molar-refractivity contribution is 7.17. The number of nitrogens with one attached hydrogen (secondary N) is 1. The third-order valence-electron chi connectivity index (χ3n) is 3.00. The quantitative estimate of drug-likeness (QED) is 0.861. The molecule has 2 heterocycles. The summed E-state index contributed by atoms with van der Waals surface area (Å²) < 4.78 is 7.38. The van der Waals surface area contributed by atoms with Gasteiger partial charge in [-0.25, -0.2) is 0 Å². The van der Waals surface area contributed by atoms with Crippen LogP contribution < -0.4 is 10.1 Å². The Morgan fingerprint density at radius 3 is 3.19 bits per heavy atom. The van der Waals surface area contributed by atoms with E-state index in [1.807, 2.05) is 0 Å². The maximum absolute atomic E-state index is 6.07. The van der Waals surface area contributed by atoms with Crippen LogP contribution in [0.25, 0.3) is 10.1 Å². The zero-order valence-corrected chi connectivity index (χ0v) is 9.93. The number of fused-ring (bicyclic) bond motifs is 1. The Kier molecular flexibility index (Phi) is 2.80. The second-order valence-electron chi connectivity index (χ2n) is 4.17. The molecule has 1 N–H and O–H groups in total. The molecule has 1 fully saturated rings. The van der Waals surface area contributed by atoms with Gasteiger partial charge in [-0.3, -0.25) is 0 Å². The van der Waals surface area contributed by atoms with Crippen molar-refractivity contribution in [3.63, 3.8) is 0 Å². The van der Waals surface area contributed by atoms with Gasteiger partial charge >= 0.3 is 0 Å². The molecule has 1 aromatic heterocycles. The number of rotatable bonds is 2. The number of thiophene rings is 1. The molecule has 1 aliphatic rings. The van der Waals surface area contributed by atoms with E-state index in [1.54, 1.807) is 11.3 Å². The topological polar surface area (TPSA) is 21.3 Å². The van der Waals surface area contributed by atoms with Crippen LogP contribution in [0, 0.1) is 0 Å². The number of ether oxygens (including phenoxy) is 1. The standard InChI is InChI=1S/C13H15NOS/c1-4-12(11-6-8-16-13(11)5-1)15-10-3-2-7-14-9-10/h1,4-6,8,10,14H,2-3,7,9H2. The third-order valence-corrected chi connectivity index (χ3v) is 3.88. The molecule has 0 amide bonds. The predicted molar refractivity (Wildman–Crippen MR) is 68.3 cm³/mol. The normalized spacial score (nSPS) is 21.1. The van der Waals surface area contributed by atoms with Crippen LogP contribution >= 0.6 is 11.3 Å². The lowest BCUT2D eigenvalue weighted by molar-refractivity contribution is 0.169. The summed E-state index contributed by atoms with van der Waals surface area (Å²) in [5, 5.41) is 6.74. The molecular formula is C13H15NOS. The van der Waals surface area contributed by atoms with Crippen LogP contribution in [-0.4, -0.2) is 19.2 Å². The second kappa shape index (κ2) is 4.44. The first kappa shape index (κ1) is 10.1. The molecule has 2 nitrogen and oxygen atoms in total. The molecule has 0 spiro atoms. The monoisotopic (exact) mass is 233 g/mol. The number of piperidine rings is 1. The van der Waals surface area contributed by atoms with E-state index >= 15 is 0 Å². The Morgan fingerprint density at radius 1 is 1.31 bits per heavy atom. The van der Waals surface area contributed by atoms with Crippen molar-refractivity contribution in [2.75, 3.05) is 13.1 Å². The zero-order valence-electron chi connectivity index (χ0n) is 9.11. The van der Waals surface area contributed by atoms with Crippen LogP contribution in [0.15, 0.2) is 29.6 Å².